The van der Waals surface area contributed by atoms with E-state index < -0.39 is 0 Å². The van der Waals surface area contributed by atoms with Gasteiger partial charge in [-0.05, 0) is 95.1 Å². The Bertz CT molecular complexity index is 1090. The summed E-state index contributed by atoms with van der Waals surface area (Å²) < 4.78 is 1.08. The van der Waals surface area contributed by atoms with E-state index in [1.807, 2.05) is 24.3 Å². The molecule has 2 aromatic rings. The molecule has 0 aromatic heterocycles. The Hall–Kier alpha value is -2.48. The summed E-state index contributed by atoms with van der Waals surface area (Å²) in [7, 11) is 0. The lowest BCUT2D eigenvalue weighted by Gasteiger charge is -2.37. The molecule has 2 saturated carbocycles. The normalized spacial score (nSPS) is 32.8. The van der Waals surface area contributed by atoms with E-state index in [-0.39, 0.29) is 41.4 Å². The fourth-order valence-corrected chi connectivity index (χ4v) is 6.09. The van der Waals surface area contributed by atoms with Crippen LogP contribution in [0.25, 0.3) is 0 Å². The molecule has 1 aliphatic heterocycles. The van der Waals surface area contributed by atoms with Crippen molar-refractivity contribution in [2.24, 2.45) is 35.5 Å². The molecule has 7 rings (SSSR count). The summed E-state index contributed by atoms with van der Waals surface area (Å²) in [5.41, 5.74) is 1.61. The molecule has 3 fully saturated rings. The van der Waals surface area contributed by atoms with Crippen LogP contribution < -0.4 is 10.2 Å². The SMILES string of the molecule is O=C(Nc1ccc(I)cc1)c1cccc(N2C(=O)[C@@H]3[C@H]4C=C[C@@H]([C@@H]5C[C@H]45)[C@H]3C2=O)c1. The zero-order chi connectivity index (χ0) is 20.6. The van der Waals surface area contributed by atoms with Crippen LogP contribution in [0.4, 0.5) is 11.4 Å². The van der Waals surface area contributed by atoms with Crippen LogP contribution in [-0.4, -0.2) is 17.7 Å². The van der Waals surface area contributed by atoms with Crippen molar-refractivity contribution in [2.75, 3.05) is 10.2 Å². The summed E-state index contributed by atoms with van der Waals surface area (Å²) >= 11 is 2.21. The van der Waals surface area contributed by atoms with Crippen molar-refractivity contribution in [3.63, 3.8) is 0 Å². The predicted octanol–water partition coefficient (Wildman–Crippen LogP) is 4.10. The molecule has 1 heterocycles. The predicted molar refractivity (Wildman–Crippen MR) is 121 cm³/mol. The van der Waals surface area contributed by atoms with Crippen LogP contribution in [0.3, 0.4) is 0 Å². The van der Waals surface area contributed by atoms with Crippen molar-refractivity contribution in [1.29, 1.82) is 0 Å². The van der Waals surface area contributed by atoms with Gasteiger partial charge in [0.15, 0.2) is 0 Å². The molecule has 1 saturated heterocycles. The number of rotatable bonds is 3. The van der Waals surface area contributed by atoms with Crippen LogP contribution in [0, 0.1) is 39.1 Å². The molecule has 0 radical (unpaired) electrons. The van der Waals surface area contributed by atoms with Crippen LogP contribution in [0.15, 0.2) is 60.7 Å². The van der Waals surface area contributed by atoms with Gasteiger partial charge in [0.1, 0.15) is 0 Å². The molecule has 5 aliphatic rings. The van der Waals surface area contributed by atoms with Gasteiger partial charge < -0.3 is 5.32 Å². The average Bonchev–Trinajstić information content (AvgIpc) is 3.53. The van der Waals surface area contributed by atoms with Gasteiger partial charge >= 0.3 is 0 Å². The Kier molecular flexibility index (Phi) is 3.97. The third-order valence-electron chi connectivity index (χ3n) is 7.13. The standard InChI is InChI=1S/C24H19IN2O3/c25-13-4-6-14(7-5-13)26-22(28)12-2-1-3-15(10-12)27-23(29)20-16-8-9-17(19-11-18(16)19)21(20)24(27)30/h1-10,16-21H,11H2,(H,26,28)/t16-,17-,18-,19+,20+,21+/m0/s1. The van der Waals surface area contributed by atoms with Crippen LogP contribution in [-0.2, 0) is 9.59 Å². The van der Waals surface area contributed by atoms with E-state index in [2.05, 4.69) is 40.1 Å². The number of imide groups is 1. The van der Waals surface area contributed by atoms with Crippen LogP contribution >= 0.6 is 22.6 Å². The van der Waals surface area contributed by atoms with Gasteiger partial charge in [0, 0.05) is 14.8 Å². The minimum absolute atomic E-state index is 0.107. The highest BCUT2D eigenvalue weighted by molar-refractivity contribution is 14.1. The number of carbonyl (C=O) groups excluding carboxylic acids is 3. The molecular weight excluding hydrogens is 491 g/mol. The Labute approximate surface area is 187 Å². The summed E-state index contributed by atoms with van der Waals surface area (Å²) in [5.74, 6) is 0.582. The summed E-state index contributed by atoms with van der Waals surface area (Å²) in [6.45, 7) is 0. The molecule has 6 atom stereocenters. The molecule has 0 unspecified atom stereocenters. The molecule has 5 nitrogen and oxygen atoms in total. The Balaban J connectivity index is 1.28. The topological polar surface area (TPSA) is 66.5 Å². The second-order valence-corrected chi connectivity index (χ2v) is 9.92. The third-order valence-corrected chi connectivity index (χ3v) is 7.85. The maximum atomic E-state index is 13.3. The van der Waals surface area contributed by atoms with Gasteiger partial charge in [-0.1, -0.05) is 18.2 Å². The van der Waals surface area contributed by atoms with Crippen LogP contribution in [0.1, 0.15) is 16.8 Å². The number of halogens is 1. The van der Waals surface area contributed by atoms with E-state index in [0.29, 0.717) is 28.8 Å². The number of allylic oxidation sites excluding steroid dienone is 2. The van der Waals surface area contributed by atoms with E-state index in [1.54, 1.807) is 24.3 Å². The fourth-order valence-electron chi connectivity index (χ4n) is 5.73. The van der Waals surface area contributed by atoms with Gasteiger partial charge in [-0.2, -0.15) is 0 Å². The second kappa shape index (κ2) is 6.51. The molecule has 30 heavy (non-hydrogen) atoms. The first-order valence-corrected chi connectivity index (χ1v) is 11.3. The van der Waals surface area contributed by atoms with Crippen molar-refractivity contribution in [1.82, 2.24) is 0 Å². The van der Waals surface area contributed by atoms with Gasteiger partial charge in [-0.3, -0.25) is 14.4 Å². The first-order valence-electron chi connectivity index (χ1n) is 10.3. The maximum absolute atomic E-state index is 13.3. The number of benzene rings is 2. The highest BCUT2D eigenvalue weighted by atomic mass is 127. The maximum Gasteiger partial charge on any atom is 0.255 e. The minimum atomic E-state index is -0.266. The molecule has 0 spiro atoms. The third kappa shape index (κ3) is 2.62. The monoisotopic (exact) mass is 510 g/mol. The number of nitrogens with zero attached hydrogens (tertiary/aromatic N) is 1. The van der Waals surface area contributed by atoms with E-state index in [0.717, 1.165) is 9.99 Å². The van der Waals surface area contributed by atoms with Gasteiger partial charge in [0.2, 0.25) is 11.8 Å². The van der Waals surface area contributed by atoms with Crippen molar-refractivity contribution in [3.8, 4) is 0 Å². The quantitative estimate of drug-likeness (QED) is 0.384. The smallest absolute Gasteiger partial charge is 0.255 e. The van der Waals surface area contributed by atoms with Crippen LogP contribution in [0.2, 0.25) is 0 Å². The zero-order valence-corrected chi connectivity index (χ0v) is 18.2. The lowest BCUT2D eigenvalue weighted by Crippen LogP contribution is -2.40. The van der Waals surface area contributed by atoms with E-state index in [1.165, 1.54) is 4.90 Å². The lowest BCUT2D eigenvalue weighted by atomic mass is 9.63. The molecule has 4 aliphatic carbocycles. The number of nitrogens with one attached hydrogen (secondary N) is 1. The number of amides is 3. The molecule has 6 heteroatoms. The van der Waals surface area contributed by atoms with Crippen molar-refractivity contribution < 1.29 is 14.4 Å². The first-order chi connectivity index (χ1) is 14.5. The highest BCUT2D eigenvalue weighted by Crippen LogP contribution is 2.65. The van der Waals surface area contributed by atoms with E-state index in [4.69, 9.17) is 0 Å². The lowest BCUT2D eigenvalue weighted by molar-refractivity contribution is -0.124. The molecule has 1 N–H and O–H groups in total. The molecule has 2 aromatic carbocycles. The Morgan fingerprint density at radius 3 is 2.20 bits per heavy atom. The summed E-state index contributed by atoms with van der Waals surface area (Å²) in [4.78, 5) is 40.6. The summed E-state index contributed by atoms with van der Waals surface area (Å²) in [6, 6.07) is 14.3. The molecular formula is C24H19IN2O3. The fraction of sp³-hybridized carbons (Fsp3) is 0.292. The van der Waals surface area contributed by atoms with Gasteiger partial charge in [-0.15, -0.1) is 0 Å². The van der Waals surface area contributed by atoms with Gasteiger partial charge in [0.25, 0.3) is 5.91 Å². The number of hydrogen-bond donors (Lipinski definition) is 1. The van der Waals surface area contributed by atoms with Gasteiger partial charge in [-0.25, -0.2) is 4.90 Å². The van der Waals surface area contributed by atoms with E-state index in [9.17, 15) is 14.4 Å². The van der Waals surface area contributed by atoms with Gasteiger partial charge in [0.05, 0.1) is 17.5 Å². The van der Waals surface area contributed by atoms with Crippen molar-refractivity contribution >= 4 is 51.7 Å². The summed E-state index contributed by atoms with van der Waals surface area (Å²) in [6.07, 6.45) is 5.48. The highest BCUT2D eigenvalue weighted by Gasteiger charge is 2.67. The molecule has 3 amide bonds. The van der Waals surface area contributed by atoms with E-state index >= 15 is 0 Å². The Morgan fingerprint density at radius 2 is 1.57 bits per heavy atom. The van der Waals surface area contributed by atoms with Crippen molar-refractivity contribution in [2.45, 2.75) is 6.42 Å². The molecule has 2 bridgehead atoms. The Morgan fingerprint density at radius 1 is 0.933 bits per heavy atom. The molecule has 150 valence electrons. The number of carbonyl (C=O) groups is 3. The number of anilines is 2. The first kappa shape index (κ1) is 18.3. The minimum Gasteiger partial charge on any atom is -0.322 e. The summed E-state index contributed by atoms with van der Waals surface area (Å²) in [5, 5.41) is 2.87. The average molecular weight is 510 g/mol. The van der Waals surface area contributed by atoms with Crippen LogP contribution in [0.5, 0.6) is 0 Å². The van der Waals surface area contributed by atoms with Crippen molar-refractivity contribution in [3.05, 3.63) is 69.8 Å². The second-order valence-electron chi connectivity index (χ2n) is 8.68. The largest absolute Gasteiger partial charge is 0.322 e. The number of hydrogen-bond acceptors (Lipinski definition) is 3. The zero-order valence-electron chi connectivity index (χ0n) is 16.0.